The van der Waals surface area contributed by atoms with Gasteiger partial charge < -0.3 is 10.5 Å². The lowest BCUT2D eigenvalue weighted by Gasteiger charge is -2.40. The molecule has 2 fully saturated rings. The summed E-state index contributed by atoms with van der Waals surface area (Å²) in [5.74, 6) is -0.328. The van der Waals surface area contributed by atoms with Crippen LogP contribution in [-0.2, 0) is 9.53 Å². The lowest BCUT2D eigenvalue weighted by molar-refractivity contribution is -0.147. The van der Waals surface area contributed by atoms with Crippen LogP contribution in [0.4, 0.5) is 0 Å². The average molecular weight is 269 g/mol. The highest BCUT2D eigenvalue weighted by molar-refractivity contribution is 5.80. The molecule has 2 aliphatic rings. The second kappa shape index (κ2) is 6.20. The minimum absolute atomic E-state index is 0.328. The second-order valence-corrected chi connectivity index (χ2v) is 6.16. The van der Waals surface area contributed by atoms with E-state index in [1.807, 2.05) is 0 Å². The lowest BCUT2D eigenvalue weighted by atomic mass is 10.0. The summed E-state index contributed by atoms with van der Waals surface area (Å²) in [5, 5.41) is 0. The lowest BCUT2D eigenvalue weighted by Crippen LogP contribution is -2.58. The number of carbonyl (C=O) groups excluding carboxylic acids is 1. The summed E-state index contributed by atoms with van der Waals surface area (Å²) < 4.78 is 4.76. The molecule has 5 heteroatoms. The largest absolute Gasteiger partial charge is 0.468 e. The molecule has 110 valence electrons. The van der Waals surface area contributed by atoms with Crippen molar-refractivity contribution in [3.05, 3.63) is 0 Å². The predicted molar refractivity (Wildman–Crippen MR) is 74.9 cm³/mol. The van der Waals surface area contributed by atoms with Gasteiger partial charge in [-0.2, -0.15) is 0 Å². The van der Waals surface area contributed by atoms with Crippen LogP contribution in [0.3, 0.4) is 0 Å². The van der Waals surface area contributed by atoms with Crippen LogP contribution in [0.2, 0.25) is 0 Å². The summed E-state index contributed by atoms with van der Waals surface area (Å²) in [4.78, 5) is 16.5. The number of hydrogen-bond donors (Lipinski definition) is 1. The molecule has 2 rings (SSSR count). The van der Waals surface area contributed by atoms with Crippen molar-refractivity contribution in [2.75, 3.05) is 39.8 Å². The monoisotopic (exact) mass is 269 g/mol. The molecule has 1 saturated carbocycles. The van der Waals surface area contributed by atoms with E-state index >= 15 is 0 Å². The van der Waals surface area contributed by atoms with Gasteiger partial charge >= 0.3 is 5.97 Å². The van der Waals surface area contributed by atoms with E-state index in [4.69, 9.17) is 10.5 Å². The molecule has 2 N–H and O–H groups in total. The highest BCUT2D eigenvalue weighted by Gasteiger charge is 2.34. The fraction of sp³-hybridized carbons (Fsp3) is 0.929. The van der Waals surface area contributed by atoms with Gasteiger partial charge in [-0.1, -0.05) is 12.8 Å². The number of hydrogen-bond acceptors (Lipinski definition) is 5. The number of rotatable bonds is 4. The fourth-order valence-corrected chi connectivity index (χ4v) is 3.32. The molecular formula is C14H27N3O2. The van der Waals surface area contributed by atoms with Crippen LogP contribution >= 0.6 is 0 Å². The Morgan fingerprint density at radius 3 is 2.37 bits per heavy atom. The van der Waals surface area contributed by atoms with Crippen molar-refractivity contribution in [2.45, 2.75) is 44.2 Å². The molecule has 1 saturated heterocycles. The normalized spacial score (nSPS) is 26.3. The molecule has 0 radical (unpaired) electrons. The van der Waals surface area contributed by atoms with E-state index in [9.17, 15) is 4.79 Å². The van der Waals surface area contributed by atoms with Crippen LogP contribution in [0, 0.1) is 0 Å². The molecule has 0 aromatic rings. The van der Waals surface area contributed by atoms with Crippen molar-refractivity contribution in [3.63, 3.8) is 0 Å². The molecular weight excluding hydrogens is 242 g/mol. The Morgan fingerprint density at radius 2 is 1.84 bits per heavy atom. The second-order valence-electron chi connectivity index (χ2n) is 6.16. The van der Waals surface area contributed by atoms with Gasteiger partial charge in [0.1, 0.15) is 5.54 Å². The van der Waals surface area contributed by atoms with Crippen molar-refractivity contribution >= 4 is 5.97 Å². The number of nitrogens with two attached hydrogens (primary N) is 1. The summed E-state index contributed by atoms with van der Waals surface area (Å²) in [7, 11) is 1.39. The van der Waals surface area contributed by atoms with E-state index in [0.717, 1.165) is 32.2 Å². The zero-order valence-electron chi connectivity index (χ0n) is 12.2. The average Bonchev–Trinajstić information content (AvgIpc) is 2.92. The molecule has 19 heavy (non-hydrogen) atoms. The van der Waals surface area contributed by atoms with Gasteiger partial charge in [-0.25, -0.2) is 0 Å². The number of esters is 1. The topological polar surface area (TPSA) is 58.8 Å². The first kappa shape index (κ1) is 14.8. The minimum Gasteiger partial charge on any atom is -0.468 e. The summed E-state index contributed by atoms with van der Waals surface area (Å²) in [6.45, 7) is 6.53. The Hall–Kier alpha value is -0.650. The van der Waals surface area contributed by atoms with Gasteiger partial charge in [-0.05, 0) is 19.8 Å². The zero-order valence-corrected chi connectivity index (χ0v) is 12.2. The molecule has 0 amide bonds. The number of methoxy groups -OCH3 is 1. The van der Waals surface area contributed by atoms with Crippen LogP contribution in [0.1, 0.15) is 32.6 Å². The van der Waals surface area contributed by atoms with Gasteiger partial charge in [0.05, 0.1) is 7.11 Å². The maximum absolute atomic E-state index is 11.6. The fourth-order valence-electron chi connectivity index (χ4n) is 3.32. The Kier molecular flexibility index (Phi) is 4.81. The van der Waals surface area contributed by atoms with Crippen LogP contribution in [-0.4, -0.2) is 67.2 Å². The Balaban J connectivity index is 1.78. The molecule has 1 aliphatic heterocycles. The van der Waals surface area contributed by atoms with Gasteiger partial charge in [-0.3, -0.25) is 14.6 Å². The third kappa shape index (κ3) is 3.68. The van der Waals surface area contributed by atoms with Crippen molar-refractivity contribution in [2.24, 2.45) is 5.73 Å². The Morgan fingerprint density at radius 1 is 1.26 bits per heavy atom. The standard InChI is InChI=1S/C14H27N3O2/c1-14(15,13(18)19-2)11-16-7-9-17(10-8-16)12-5-3-4-6-12/h12H,3-11,15H2,1-2H3. The van der Waals surface area contributed by atoms with Gasteiger partial charge in [0.15, 0.2) is 0 Å². The van der Waals surface area contributed by atoms with Crippen molar-refractivity contribution < 1.29 is 9.53 Å². The van der Waals surface area contributed by atoms with Gasteiger partial charge in [0, 0.05) is 38.8 Å². The molecule has 0 spiro atoms. The zero-order chi connectivity index (χ0) is 13.9. The SMILES string of the molecule is COC(=O)C(C)(N)CN1CCN(C2CCCC2)CC1. The summed E-state index contributed by atoms with van der Waals surface area (Å²) in [6.07, 6.45) is 5.48. The number of ether oxygens (including phenoxy) is 1. The number of nitrogens with zero attached hydrogens (tertiary/aromatic N) is 2. The quantitative estimate of drug-likeness (QED) is 0.750. The Bertz CT molecular complexity index is 306. The molecule has 1 unspecified atom stereocenters. The van der Waals surface area contributed by atoms with Crippen LogP contribution in [0.25, 0.3) is 0 Å². The smallest absolute Gasteiger partial charge is 0.326 e. The molecule has 1 atom stereocenters. The van der Waals surface area contributed by atoms with E-state index in [1.54, 1.807) is 6.92 Å². The first-order chi connectivity index (χ1) is 9.03. The Labute approximate surface area is 116 Å². The maximum Gasteiger partial charge on any atom is 0.326 e. The van der Waals surface area contributed by atoms with Gasteiger partial charge in [0.25, 0.3) is 0 Å². The van der Waals surface area contributed by atoms with Crippen molar-refractivity contribution in [3.8, 4) is 0 Å². The first-order valence-electron chi connectivity index (χ1n) is 7.36. The van der Waals surface area contributed by atoms with Crippen molar-refractivity contribution in [1.29, 1.82) is 0 Å². The van der Waals surface area contributed by atoms with Crippen LogP contribution < -0.4 is 5.73 Å². The van der Waals surface area contributed by atoms with Gasteiger partial charge in [-0.15, -0.1) is 0 Å². The highest BCUT2D eigenvalue weighted by Crippen LogP contribution is 2.24. The van der Waals surface area contributed by atoms with Crippen LogP contribution in [0.5, 0.6) is 0 Å². The molecule has 0 bridgehead atoms. The van der Waals surface area contributed by atoms with E-state index in [1.165, 1.54) is 32.8 Å². The minimum atomic E-state index is -0.899. The highest BCUT2D eigenvalue weighted by atomic mass is 16.5. The van der Waals surface area contributed by atoms with E-state index in [0.29, 0.717) is 6.54 Å². The molecule has 0 aromatic heterocycles. The molecule has 1 heterocycles. The van der Waals surface area contributed by atoms with E-state index in [-0.39, 0.29) is 5.97 Å². The van der Waals surface area contributed by atoms with Crippen LogP contribution in [0.15, 0.2) is 0 Å². The third-order valence-electron chi connectivity index (χ3n) is 4.45. The third-order valence-corrected chi connectivity index (χ3v) is 4.45. The number of carbonyl (C=O) groups is 1. The molecule has 1 aliphatic carbocycles. The van der Waals surface area contributed by atoms with Crippen molar-refractivity contribution in [1.82, 2.24) is 9.80 Å². The van der Waals surface area contributed by atoms with E-state index < -0.39 is 5.54 Å². The molecule has 5 nitrogen and oxygen atoms in total. The molecule has 0 aromatic carbocycles. The van der Waals surface area contributed by atoms with Gasteiger partial charge in [0.2, 0.25) is 0 Å². The first-order valence-corrected chi connectivity index (χ1v) is 7.36. The summed E-state index contributed by atoms with van der Waals surface area (Å²) in [5.41, 5.74) is 5.13. The van der Waals surface area contributed by atoms with E-state index in [2.05, 4.69) is 9.80 Å². The maximum atomic E-state index is 11.6. The number of piperazine rings is 1. The summed E-state index contributed by atoms with van der Waals surface area (Å²) in [6, 6.07) is 0.798. The predicted octanol–water partition coefficient (Wildman–Crippen LogP) is 0.437. The summed E-state index contributed by atoms with van der Waals surface area (Å²) >= 11 is 0.